The van der Waals surface area contributed by atoms with Gasteiger partial charge in [-0.1, -0.05) is 18.2 Å². The van der Waals surface area contributed by atoms with Gasteiger partial charge < -0.3 is 20.3 Å². The zero-order chi connectivity index (χ0) is 22.5. The van der Waals surface area contributed by atoms with Gasteiger partial charge in [0.15, 0.2) is 0 Å². The third-order valence-corrected chi connectivity index (χ3v) is 5.04. The molecular formula is C23H29N5O3. The van der Waals surface area contributed by atoms with Crippen molar-refractivity contribution < 1.29 is 14.3 Å². The molecule has 2 aromatic carbocycles. The molecule has 1 aliphatic rings. The Morgan fingerprint density at radius 2 is 1.90 bits per heavy atom. The third-order valence-electron chi connectivity index (χ3n) is 5.04. The first-order chi connectivity index (χ1) is 14.8. The number of rotatable bonds is 5. The molecule has 0 fully saturated rings. The monoisotopic (exact) mass is 423 g/mol. The number of carbonyl (C=O) groups is 2. The highest BCUT2D eigenvalue weighted by Crippen LogP contribution is 2.27. The number of amides is 3. The molecule has 1 heterocycles. The van der Waals surface area contributed by atoms with E-state index in [1.165, 1.54) is 5.01 Å². The number of nitrogens with zero attached hydrogens (tertiary/aromatic N) is 3. The van der Waals surface area contributed by atoms with Crippen LogP contribution in [0.2, 0.25) is 0 Å². The zero-order valence-corrected chi connectivity index (χ0v) is 18.6. The molecule has 31 heavy (non-hydrogen) atoms. The summed E-state index contributed by atoms with van der Waals surface area (Å²) < 4.78 is 5.42. The summed E-state index contributed by atoms with van der Waals surface area (Å²) in [5.41, 5.74) is 4.21. The van der Waals surface area contributed by atoms with E-state index in [9.17, 15) is 9.59 Å². The van der Waals surface area contributed by atoms with Gasteiger partial charge in [-0.25, -0.2) is 9.80 Å². The normalized spacial score (nSPS) is 15.6. The Morgan fingerprint density at radius 3 is 2.52 bits per heavy atom. The number of benzene rings is 2. The summed E-state index contributed by atoms with van der Waals surface area (Å²) in [5, 5.41) is 11.8. The molecule has 1 unspecified atom stereocenters. The Kier molecular flexibility index (Phi) is 6.91. The molecule has 2 aromatic rings. The smallest absolute Gasteiger partial charge is 0.337 e. The number of hydrogen-bond donors (Lipinski definition) is 2. The van der Waals surface area contributed by atoms with Crippen LogP contribution in [0.1, 0.15) is 23.6 Å². The number of carbonyl (C=O) groups excluding carboxylic acids is 2. The molecule has 0 aromatic heterocycles. The highest BCUT2D eigenvalue weighted by molar-refractivity contribution is 6.14. The van der Waals surface area contributed by atoms with Gasteiger partial charge in [-0.15, -0.1) is 0 Å². The zero-order valence-electron chi connectivity index (χ0n) is 18.6. The lowest BCUT2D eigenvalue weighted by molar-refractivity contribution is -0.116. The summed E-state index contributed by atoms with van der Waals surface area (Å²) in [6, 6.07) is 13.0. The molecule has 0 radical (unpaired) electrons. The second kappa shape index (κ2) is 9.61. The van der Waals surface area contributed by atoms with Crippen LogP contribution in [0.15, 0.2) is 47.6 Å². The Balaban J connectivity index is 2.01. The van der Waals surface area contributed by atoms with Crippen LogP contribution in [0.4, 0.5) is 10.5 Å². The SMILES string of the molecule is CNC(=O)N1N=C(c2ccc(NC(=O)CN(C)C)cc2)c2cc(OC)ccc2CC1C. The minimum atomic E-state index is -0.266. The lowest BCUT2D eigenvalue weighted by Crippen LogP contribution is -2.41. The number of likely N-dealkylation sites (N-methyl/N-ethyl adjacent to an activating group) is 1. The van der Waals surface area contributed by atoms with E-state index in [1.54, 1.807) is 14.2 Å². The molecule has 2 N–H and O–H groups in total. The fraction of sp³-hybridized carbons (Fsp3) is 0.348. The molecule has 0 aliphatic carbocycles. The molecule has 3 rings (SSSR count). The first-order valence-electron chi connectivity index (χ1n) is 10.1. The van der Waals surface area contributed by atoms with E-state index >= 15 is 0 Å². The summed E-state index contributed by atoms with van der Waals surface area (Å²) in [6.07, 6.45) is 0.665. The second-order valence-electron chi connectivity index (χ2n) is 7.79. The first kappa shape index (κ1) is 22.3. The number of nitrogens with one attached hydrogen (secondary N) is 2. The maximum atomic E-state index is 12.5. The molecule has 0 bridgehead atoms. The van der Waals surface area contributed by atoms with Gasteiger partial charge in [0.2, 0.25) is 5.91 Å². The Hall–Kier alpha value is -3.39. The van der Waals surface area contributed by atoms with Crippen molar-refractivity contribution in [2.75, 3.05) is 40.1 Å². The van der Waals surface area contributed by atoms with E-state index in [4.69, 9.17) is 9.84 Å². The van der Waals surface area contributed by atoms with E-state index < -0.39 is 0 Å². The van der Waals surface area contributed by atoms with Crippen molar-refractivity contribution >= 4 is 23.3 Å². The van der Waals surface area contributed by atoms with Crippen LogP contribution in [0.3, 0.4) is 0 Å². The predicted octanol–water partition coefficient (Wildman–Crippen LogP) is 2.53. The molecule has 0 spiro atoms. The van der Waals surface area contributed by atoms with Gasteiger partial charge in [0, 0.05) is 23.9 Å². The predicted molar refractivity (Wildman–Crippen MR) is 122 cm³/mol. The quantitative estimate of drug-likeness (QED) is 0.774. The number of fused-ring (bicyclic) bond motifs is 1. The van der Waals surface area contributed by atoms with E-state index in [2.05, 4.69) is 10.6 Å². The van der Waals surface area contributed by atoms with Gasteiger partial charge >= 0.3 is 6.03 Å². The lowest BCUT2D eigenvalue weighted by Gasteiger charge is -2.22. The fourth-order valence-electron chi connectivity index (χ4n) is 3.52. The molecule has 0 saturated heterocycles. The number of urea groups is 1. The van der Waals surface area contributed by atoms with Gasteiger partial charge in [0.1, 0.15) is 5.75 Å². The standard InChI is InChI=1S/C23H29N5O3/c1-15-12-17-8-11-19(31-5)13-20(17)22(26-28(15)23(30)24-2)16-6-9-18(10-7-16)25-21(29)14-27(3)4/h6-11,13,15H,12,14H2,1-5H3,(H,24,30)(H,25,29). The highest BCUT2D eigenvalue weighted by atomic mass is 16.5. The van der Waals surface area contributed by atoms with Crippen molar-refractivity contribution in [3.05, 3.63) is 59.2 Å². The fourth-order valence-corrected chi connectivity index (χ4v) is 3.52. The number of ether oxygens (including phenoxy) is 1. The van der Waals surface area contributed by atoms with Crippen molar-refractivity contribution in [1.82, 2.24) is 15.2 Å². The van der Waals surface area contributed by atoms with Gasteiger partial charge in [-0.2, -0.15) is 5.10 Å². The van der Waals surface area contributed by atoms with E-state index in [0.717, 1.165) is 22.4 Å². The first-order valence-corrected chi connectivity index (χ1v) is 10.1. The van der Waals surface area contributed by atoms with Crippen LogP contribution in [0.5, 0.6) is 5.75 Å². The van der Waals surface area contributed by atoms with Gasteiger partial charge in [0.25, 0.3) is 0 Å². The lowest BCUT2D eigenvalue weighted by atomic mass is 9.94. The number of anilines is 1. The van der Waals surface area contributed by atoms with Crippen LogP contribution in [-0.2, 0) is 11.2 Å². The van der Waals surface area contributed by atoms with Crippen LogP contribution in [-0.4, -0.2) is 68.4 Å². The van der Waals surface area contributed by atoms with E-state index in [-0.39, 0.29) is 18.0 Å². The maximum absolute atomic E-state index is 12.5. The Morgan fingerprint density at radius 1 is 1.19 bits per heavy atom. The van der Waals surface area contributed by atoms with Gasteiger partial charge in [0.05, 0.1) is 25.4 Å². The van der Waals surface area contributed by atoms with E-state index in [0.29, 0.717) is 24.4 Å². The molecule has 0 saturated carbocycles. The minimum absolute atomic E-state index is 0.0840. The largest absolute Gasteiger partial charge is 0.497 e. The van der Waals surface area contributed by atoms with Crippen LogP contribution < -0.4 is 15.4 Å². The van der Waals surface area contributed by atoms with Gasteiger partial charge in [-0.05, 0) is 57.3 Å². The second-order valence-corrected chi connectivity index (χ2v) is 7.79. The third kappa shape index (κ3) is 5.21. The molecule has 1 aliphatic heterocycles. The van der Waals surface area contributed by atoms with Gasteiger partial charge in [-0.3, -0.25) is 4.79 Å². The molecule has 3 amide bonds. The number of hydrazone groups is 1. The highest BCUT2D eigenvalue weighted by Gasteiger charge is 2.27. The summed E-state index contributed by atoms with van der Waals surface area (Å²) in [7, 11) is 6.91. The Labute approximate surface area is 182 Å². The molecule has 1 atom stereocenters. The number of methoxy groups -OCH3 is 1. The van der Waals surface area contributed by atoms with Crippen molar-refractivity contribution in [2.24, 2.45) is 5.10 Å². The van der Waals surface area contributed by atoms with Crippen LogP contribution >= 0.6 is 0 Å². The summed E-state index contributed by atoms with van der Waals surface area (Å²) >= 11 is 0. The summed E-state index contributed by atoms with van der Waals surface area (Å²) in [4.78, 5) is 26.3. The van der Waals surface area contributed by atoms with Crippen LogP contribution in [0, 0.1) is 0 Å². The van der Waals surface area contributed by atoms with E-state index in [1.807, 2.05) is 68.4 Å². The van der Waals surface area contributed by atoms with Crippen LogP contribution in [0.25, 0.3) is 0 Å². The van der Waals surface area contributed by atoms with Crippen molar-refractivity contribution in [3.8, 4) is 5.75 Å². The topological polar surface area (TPSA) is 86.3 Å². The molecule has 8 nitrogen and oxygen atoms in total. The summed E-state index contributed by atoms with van der Waals surface area (Å²) in [6.45, 7) is 2.28. The number of hydrogen-bond acceptors (Lipinski definition) is 5. The Bertz CT molecular complexity index is 985. The molecule has 8 heteroatoms. The molecule has 164 valence electrons. The summed E-state index contributed by atoms with van der Waals surface area (Å²) in [5.74, 6) is 0.638. The maximum Gasteiger partial charge on any atom is 0.337 e. The van der Waals surface area contributed by atoms with Crippen molar-refractivity contribution in [1.29, 1.82) is 0 Å². The minimum Gasteiger partial charge on any atom is -0.497 e. The van der Waals surface area contributed by atoms with Crippen molar-refractivity contribution in [2.45, 2.75) is 19.4 Å². The average Bonchev–Trinajstić information content (AvgIpc) is 2.88. The average molecular weight is 424 g/mol. The van der Waals surface area contributed by atoms with Crippen molar-refractivity contribution in [3.63, 3.8) is 0 Å². The molecular weight excluding hydrogens is 394 g/mol.